The van der Waals surface area contributed by atoms with Crippen molar-refractivity contribution in [3.05, 3.63) is 70.0 Å². The quantitative estimate of drug-likeness (QED) is 0.549. The molecule has 3 aromatic rings. The van der Waals surface area contributed by atoms with Crippen molar-refractivity contribution in [3.8, 4) is 0 Å². The molecule has 0 bridgehead atoms. The molecule has 3 rings (SSSR count). The fraction of sp³-hybridized carbons (Fsp3) is 0.125. The second-order valence-corrected chi connectivity index (χ2v) is 4.98. The molecule has 110 valence electrons. The first-order valence-electron chi connectivity index (χ1n) is 6.77. The van der Waals surface area contributed by atoms with Gasteiger partial charge in [0, 0.05) is 12.1 Å². The highest BCUT2D eigenvalue weighted by atomic mass is 16.6. The summed E-state index contributed by atoms with van der Waals surface area (Å²) in [6.45, 7) is 1.79. The minimum Gasteiger partial charge on any atom is -0.274 e. The molecule has 0 aliphatic carbocycles. The van der Waals surface area contributed by atoms with Gasteiger partial charge in [-0.2, -0.15) is 0 Å². The van der Waals surface area contributed by atoms with Gasteiger partial charge in [0.15, 0.2) is 0 Å². The van der Waals surface area contributed by atoms with Gasteiger partial charge in [0.1, 0.15) is 5.82 Å². The smallest absolute Gasteiger partial charge is 0.269 e. The number of para-hydroxylation sites is 2. The lowest BCUT2D eigenvalue weighted by atomic mass is 10.1. The Hall–Kier alpha value is -3.02. The minimum atomic E-state index is -0.459. The van der Waals surface area contributed by atoms with Crippen LogP contribution in [0, 0.1) is 17.0 Å². The van der Waals surface area contributed by atoms with Crippen molar-refractivity contribution < 1.29 is 9.72 Å². The van der Waals surface area contributed by atoms with E-state index >= 15 is 0 Å². The summed E-state index contributed by atoms with van der Waals surface area (Å²) in [4.78, 5) is 27.1. The van der Waals surface area contributed by atoms with Crippen LogP contribution in [0.25, 0.3) is 11.0 Å². The van der Waals surface area contributed by atoms with E-state index in [0.717, 1.165) is 16.6 Å². The van der Waals surface area contributed by atoms with Crippen LogP contribution < -0.4 is 0 Å². The van der Waals surface area contributed by atoms with Gasteiger partial charge >= 0.3 is 0 Å². The highest BCUT2D eigenvalue weighted by Gasteiger charge is 2.14. The van der Waals surface area contributed by atoms with Crippen LogP contribution in [-0.2, 0) is 6.42 Å². The van der Waals surface area contributed by atoms with E-state index in [1.165, 1.54) is 12.1 Å². The molecule has 0 N–H and O–H groups in total. The Balaban J connectivity index is 1.90. The fourth-order valence-corrected chi connectivity index (χ4v) is 2.45. The third-order valence-corrected chi connectivity index (χ3v) is 3.48. The zero-order valence-electron chi connectivity index (χ0n) is 11.9. The van der Waals surface area contributed by atoms with Crippen molar-refractivity contribution in [3.63, 3.8) is 0 Å². The van der Waals surface area contributed by atoms with Crippen LogP contribution in [0.3, 0.4) is 0 Å². The van der Waals surface area contributed by atoms with Gasteiger partial charge in [-0.25, -0.2) is 4.98 Å². The molecule has 6 heteroatoms. The number of nitro groups is 1. The first kappa shape index (κ1) is 13.9. The van der Waals surface area contributed by atoms with Gasteiger partial charge in [0.25, 0.3) is 5.69 Å². The predicted molar refractivity (Wildman–Crippen MR) is 81.9 cm³/mol. The van der Waals surface area contributed by atoms with Crippen LogP contribution >= 0.6 is 0 Å². The molecule has 1 heterocycles. The lowest BCUT2D eigenvalue weighted by Gasteiger charge is -2.05. The maximum absolute atomic E-state index is 12.5. The van der Waals surface area contributed by atoms with Crippen LogP contribution in [-0.4, -0.2) is 20.4 Å². The van der Waals surface area contributed by atoms with Gasteiger partial charge in [-0.05, 0) is 24.6 Å². The number of imidazole rings is 1. The first-order chi connectivity index (χ1) is 10.6. The Bertz CT molecular complexity index is 866. The number of hydrogen-bond donors (Lipinski definition) is 0. The first-order valence-corrected chi connectivity index (χ1v) is 6.77. The summed E-state index contributed by atoms with van der Waals surface area (Å²) >= 11 is 0. The van der Waals surface area contributed by atoms with E-state index < -0.39 is 4.92 Å². The average molecular weight is 295 g/mol. The van der Waals surface area contributed by atoms with Gasteiger partial charge in [-0.1, -0.05) is 24.3 Å². The van der Waals surface area contributed by atoms with E-state index in [-0.39, 0.29) is 18.0 Å². The Morgan fingerprint density at radius 1 is 1.18 bits per heavy atom. The van der Waals surface area contributed by atoms with E-state index in [4.69, 9.17) is 0 Å². The Morgan fingerprint density at radius 2 is 1.86 bits per heavy atom. The molecule has 2 aromatic carbocycles. The van der Waals surface area contributed by atoms with Crippen molar-refractivity contribution in [1.29, 1.82) is 0 Å². The average Bonchev–Trinajstić information content (AvgIpc) is 2.83. The minimum absolute atomic E-state index is 0.0143. The van der Waals surface area contributed by atoms with Crippen LogP contribution in [0.15, 0.2) is 48.5 Å². The molecule has 0 aliphatic rings. The number of nitro benzene ring substituents is 1. The number of aromatic nitrogens is 2. The molecule has 0 radical (unpaired) electrons. The van der Waals surface area contributed by atoms with E-state index in [1.54, 1.807) is 23.6 Å². The number of hydrogen-bond acceptors (Lipinski definition) is 4. The molecule has 0 atom stereocenters. The van der Waals surface area contributed by atoms with E-state index in [9.17, 15) is 14.9 Å². The Kier molecular flexibility index (Phi) is 3.42. The van der Waals surface area contributed by atoms with Gasteiger partial charge in [-0.3, -0.25) is 19.5 Å². The summed E-state index contributed by atoms with van der Waals surface area (Å²) in [7, 11) is 0. The standard InChI is InChI=1S/C16H13N3O3/c1-11-17-14-4-2-3-5-15(14)18(11)16(20)10-12-6-8-13(9-7-12)19(21)22/h2-9H,10H2,1H3. The van der Waals surface area contributed by atoms with Crippen molar-refractivity contribution >= 4 is 22.6 Å². The van der Waals surface area contributed by atoms with Gasteiger partial charge in [0.2, 0.25) is 5.91 Å². The fourth-order valence-electron chi connectivity index (χ4n) is 2.45. The number of rotatable bonds is 3. The van der Waals surface area contributed by atoms with Crippen molar-refractivity contribution in [2.75, 3.05) is 0 Å². The van der Waals surface area contributed by atoms with Crippen LogP contribution in [0.2, 0.25) is 0 Å². The maximum Gasteiger partial charge on any atom is 0.269 e. The molecular formula is C16H13N3O3. The molecule has 0 saturated heterocycles. The number of carbonyl (C=O) groups excluding carboxylic acids is 1. The normalized spacial score (nSPS) is 10.8. The second kappa shape index (κ2) is 5.40. The van der Waals surface area contributed by atoms with Gasteiger partial charge in [-0.15, -0.1) is 0 Å². The molecule has 0 amide bonds. The summed E-state index contributed by atoms with van der Waals surface area (Å²) in [5, 5.41) is 10.6. The zero-order valence-corrected chi connectivity index (χ0v) is 11.9. The molecule has 0 saturated carbocycles. The Morgan fingerprint density at radius 3 is 2.55 bits per heavy atom. The summed E-state index contributed by atoms with van der Waals surface area (Å²) in [6, 6.07) is 13.5. The monoisotopic (exact) mass is 295 g/mol. The largest absolute Gasteiger partial charge is 0.274 e. The SMILES string of the molecule is Cc1nc2ccccc2n1C(=O)Cc1ccc([N+](=O)[O-])cc1. The summed E-state index contributed by atoms with van der Waals surface area (Å²) in [5.74, 6) is 0.521. The van der Waals surface area contributed by atoms with Gasteiger partial charge < -0.3 is 0 Å². The highest BCUT2D eigenvalue weighted by molar-refractivity contribution is 5.92. The number of carbonyl (C=O) groups is 1. The number of nitrogens with zero attached hydrogens (tertiary/aromatic N) is 3. The van der Waals surface area contributed by atoms with E-state index in [1.807, 2.05) is 24.3 Å². The summed E-state index contributed by atoms with van der Waals surface area (Å²) < 4.78 is 1.58. The lowest BCUT2D eigenvalue weighted by molar-refractivity contribution is -0.384. The van der Waals surface area contributed by atoms with Crippen molar-refractivity contribution in [2.24, 2.45) is 0 Å². The molecule has 6 nitrogen and oxygen atoms in total. The maximum atomic E-state index is 12.5. The number of fused-ring (bicyclic) bond motifs is 1. The van der Waals surface area contributed by atoms with Crippen LogP contribution in [0.5, 0.6) is 0 Å². The second-order valence-electron chi connectivity index (χ2n) is 4.98. The topological polar surface area (TPSA) is 78.0 Å². The lowest BCUT2D eigenvalue weighted by Crippen LogP contribution is -2.15. The van der Waals surface area contributed by atoms with Crippen LogP contribution in [0.4, 0.5) is 5.69 Å². The molecule has 0 aliphatic heterocycles. The highest BCUT2D eigenvalue weighted by Crippen LogP contribution is 2.17. The molecular weight excluding hydrogens is 282 g/mol. The summed E-state index contributed by atoms with van der Waals surface area (Å²) in [6.07, 6.45) is 0.166. The van der Waals surface area contributed by atoms with E-state index in [0.29, 0.717) is 5.82 Å². The number of non-ortho nitro benzene ring substituents is 1. The third-order valence-electron chi connectivity index (χ3n) is 3.48. The van der Waals surface area contributed by atoms with Crippen molar-refractivity contribution in [1.82, 2.24) is 9.55 Å². The zero-order chi connectivity index (χ0) is 15.7. The van der Waals surface area contributed by atoms with Crippen LogP contribution in [0.1, 0.15) is 16.2 Å². The molecule has 22 heavy (non-hydrogen) atoms. The van der Waals surface area contributed by atoms with Gasteiger partial charge in [0.05, 0.1) is 22.4 Å². The Labute approximate surface area is 126 Å². The molecule has 0 unspecified atom stereocenters. The number of aryl methyl sites for hydroxylation is 1. The number of benzene rings is 2. The van der Waals surface area contributed by atoms with E-state index in [2.05, 4.69) is 4.98 Å². The predicted octanol–water partition coefficient (Wildman–Crippen LogP) is 3.14. The summed E-state index contributed by atoms with van der Waals surface area (Å²) in [5.41, 5.74) is 2.29. The third kappa shape index (κ3) is 2.46. The molecule has 1 aromatic heterocycles. The molecule has 0 spiro atoms. The van der Waals surface area contributed by atoms with Crippen molar-refractivity contribution in [2.45, 2.75) is 13.3 Å². The molecule has 0 fully saturated rings.